The number of nitrogens with zero attached hydrogens (tertiary/aromatic N) is 5. The molecule has 1 amide bonds. The maximum absolute atomic E-state index is 11.9. The number of hydrogen-bond acceptors (Lipinski definition) is 8. The standard InChI is InChI=1S/C19H22N6O4/c20-11-17-13-24(19(26)29-17)15-3-1-14(2-4-15)22-7-9-23(10-8-22)18-6-5-16(12-21-18)25(27)28/h1-6,12,17H,7-11,13,20H2/t17-/m0/s1. The van der Waals surface area contributed by atoms with Crippen LogP contribution in [0.3, 0.4) is 0 Å². The van der Waals surface area contributed by atoms with Crippen molar-refractivity contribution in [2.45, 2.75) is 6.10 Å². The van der Waals surface area contributed by atoms with Gasteiger partial charge in [0, 0.05) is 50.2 Å². The lowest BCUT2D eigenvalue weighted by atomic mass is 10.2. The zero-order chi connectivity index (χ0) is 20.4. The number of hydrogen-bond donors (Lipinski definition) is 1. The van der Waals surface area contributed by atoms with Gasteiger partial charge < -0.3 is 20.3 Å². The van der Waals surface area contributed by atoms with E-state index in [0.29, 0.717) is 13.1 Å². The van der Waals surface area contributed by atoms with E-state index in [4.69, 9.17) is 10.5 Å². The molecule has 0 spiro atoms. The monoisotopic (exact) mass is 398 g/mol. The van der Waals surface area contributed by atoms with Crippen molar-refractivity contribution in [1.29, 1.82) is 0 Å². The summed E-state index contributed by atoms with van der Waals surface area (Å²) in [5, 5.41) is 10.8. The summed E-state index contributed by atoms with van der Waals surface area (Å²) < 4.78 is 5.20. The molecule has 0 radical (unpaired) electrons. The highest BCUT2D eigenvalue weighted by Crippen LogP contribution is 2.26. The number of carbonyl (C=O) groups is 1. The van der Waals surface area contributed by atoms with Gasteiger partial charge in [0.2, 0.25) is 0 Å². The molecule has 1 aromatic carbocycles. The lowest BCUT2D eigenvalue weighted by Gasteiger charge is -2.36. The lowest BCUT2D eigenvalue weighted by molar-refractivity contribution is -0.385. The van der Waals surface area contributed by atoms with Crippen molar-refractivity contribution < 1.29 is 14.5 Å². The Hall–Kier alpha value is -3.40. The van der Waals surface area contributed by atoms with Crippen LogP contribution in [0.15, 0.2) is 42.6 Å². The van der Waals surface area contributed by atoms with E-state index < -0.39 is 4.92 Å². The first-order valence-electron chi connectivity index (χ1n) is 9.44. The Bertz CT molecular complexity index is 881. The van der Waals surface area contributed by atoms with Gasteiger partial charge in [-0.2, -0.15) is 0 Å². The second-order valence-electron chi connectivity index (χ2n) is 6.97. The molecule has 1 aromatic heterocycles. The Balaban J connectivity index is 1.36. The van der Waals surface area contributed by atoms with Gasteiger partial charge in [0.05, 0.1) is 11.5 Å². The number of cyclic esters (lactones) is 1. The second kappa shape index (κ2) is 7.92. The van der Waals surface area contributed by atoms with Crippen LogP contribution in [0.2, 0.25) is 0 Å². The van der Waals surface area contributed by atoms with Gasteiger partial charge in [0.25, 0.3) is 5.69 Å². The van der Waals surface area contributed by atoms with E-state index >= 15 is 0 Å². The summed E-state index contributed by atoms with van der Waals surface area (Å²) in [5.41, 5.74) is 7.45. The lowest BCUT2D eigenvalue weighted by Crippen LogP contribution is -2.46. The summed E-state index contributed by atoms with van der Waals surface area (Å²) in [4.78, 5) is 32.4. The van der Waals surface area contributed by atoms with E-state index in [-0.39, 0.29) is 17.9 Å². The van der Waals surface area contributed by atoms with E-state index in [1.807, 2.05) is 24.3 Å². The molecule has 0 saturated carbocycles. The zero-order valence-electron chi connectivity index (χ0n) is 15.8. The molecule has 29 heavy (non-hydrogen) atoms. The molecular weight excluding hydrogens is 376 g/mol. The van der Waals surface area contributed by atoms with Crippen LogP contribution in [0.5, 0.6) is 0 Å². The molecule has 3 heterocycles. The molecule has 10 heteroatoms. The molecule has 2 N–H and O–H groups in total. The number of rotatable bonds is 5. The molecule has 0 unspecified atom stereocenters. The van der Waals surface area contributed by atoms with E-state index in [0.717, 1.165) is 43.4 Å². The average Bonchev–Trinajstić information content (AvgIpc) is 3.15. The van der Waals surface area contributed by atoms with Crippen molar-refractivity contribution in [3.8, 4) is 0 Å². The van der Waals surface area contributed by atoms with Crippen LogP contribution in [0, 0.1) is 10.1 Å². The van der Waals surface area contributed by atoms with Crippen molar-refractivity contribution in [2.75, 3.05) is 54.0 Å². The van der Waals surface area contributed by atoms with Crippen LogP contribution in [-0.2, 0) is 4.74 Å². The predicted octanol–water partition coefficient (Wildman–Crippen LogP) is 1.60. The largest absolute Gasteiger partial charge is 0.443 e. The number of anilines is 3. The Labute approximate surface area is 167 Å². The Kier molecular flexibility index (Phi) is 5.17. The van der Waals surface area contributed by atoms with Gasteiger partial charge in [-0.25, -0.2) is 9.78 Å². The zero-order valence-corrected chi connectivity index (χ0v) is 15.8. The molecule has 152 valence electrons. The van der Waals surface area contributed by atoms with Gasteiger partial charge in [-0.3, -0.25) is 15.0 Å². The smallest absolute Gasteiger partial charge is 0.414 e. The fourth-order valence-corrected chi connectivity index (χ4v) is 3.57. The fraction of sp³-hybridized carbons (Fsp3) is 0.368. The van der Waals surface area contributed by atoms with Gasteiger partial charge in [0.15, 0.2) is 0 Å². The SMILES string of the molecule is NC[C@H]1CN(c2ccc(N3CCN(c4ccc([N+](=O)[O-])cn4)CC3)cc2)C(=O)O1. The third-order valence-electron chi connectivity index (χ3n) is 5.21. The highest BCUT2D eigenvalue weighted by Gasteiger charge is 2.31. The van der Waals surface area contributed by atoms with Crippen LogP contribution in [0.1, 0.15) is 0 Å². The van der Waals surface area contributed by atoms with E-state index in [1.165, 1.54) is 12.3 Å². The molecular formula is C19H22N6O4. The summed E-state index contributed by atoms with van der Waals surface area (Å²) in [6.45, 7) is 3.92. The Morgan fingerprint density at radius 3 is 2.28 bits per heavy atom. The number of aromatic nitrogens is 1. The summed E-state index contributed by atoms with van der Waals surface area (Å²) in [5.74, 6) is 0.743. The summed E-state index contributed by atoms with van der Waals surface area (Å²) in [7, 11) is 0. The number of carbonyl (C=O) groups excluding carboxylic acids is 1. The molecule has 1 atom stereocenters. The van der Waals surface area contributed by atoms with Gasteiger partial charge in [-0.05, 0) is 30.3 Å². The van der Waals surface area contributed by atoms with Gasteiger partial charge in [-0.1, -0.05) is 0 Å². The number of nitrogens with two attached hydrogens (primary N) is 1. The average molecular weight is 398 g/mol. The first-order chi connectivity index (χ1) is 14.0. The third kappa shape index (κ3) is 3.92. The molecule has 0 aliphatic carbocycles. The van der Waals surface area contributed by atoms with Crippen LogP contribution < -0.4 is 20.4 Å². The van der Waals surface area contributed by atoms with Crippen molar-refractivity contribution in [3.05, 3.63) is 52.7 Å². The van der Waals surface area contributed by atoms with Crippen LogP contribution in [-0.4, -0.2) is 61.4 Å². The molecule has 2 aromatic rings. The number of amides is 1. The van der Waals surface area contributed by atoms with Crippen molar-refractivity contribution >= 4 is 29.0 Å². The number of nitro groups is 1. The number of pyridine rings is 1. The van der Waals surface area contributed by atoms with Crippen molar-refractivity contribution in [1.82, 2.24) is 4.98 Å². The fourth-order valence-electron chi connectivity index (χ4n) is 3.57. The number of ether oxygens (including phenoxy) is 1. The highest BCUT2D eigenvalue weighted by atomic mass is 16.6. The molecule has 2 fully saturated rings. The molecule has 0 bridgehead atoms. The minimum absolute atomic E-state index is 0.00727. The predicted molar refractivity (Wildman–Crippen MR) is 108 cm³/mol. The summed E-state index contributed by atoms with van der Waals surface area (Å²) in [6, 6.07) is 11.0. The highest BCUT2D eigenvalue weighted by molar-refractivity contribution is 5.90. The van der Waals surface area contributed by atoms with Crippen molar-refractivity contribution in [3.63, 3.8) is 0 Å². The van der Waals surface area contributed by atoms with E-state index in [1.54, 1.807) is 11.0 Å². The minimum atomic E-state index is -0.448. The van der Waals surface area contributed by atoms with Crippen LogP contribution >= 0.6 is 0 Å². The maximum Gasteiger partial charge on any atom is 0.414 e. The van der Waals surface area contributed by atoms with Gasteiger partial charge in [0.1, 0.15) is 18.1 Å². The second-order valence-corrected chi connectivity index (χ2v) is 6.97. The Morgan fingerprint density at radius 1 is 1.07 bits per heavy atom. The topological polar surface area (TPSA) is 118 Å². The first kappa shape index (κ1) is 18.9. The van der Waals surface area contributed by atoms with Crippen molar-refractivity contribution in [2.24, 2.45) is 5.73 Å². The molecule has 10 nitrogen and oxygen atoms in total. The normalized spacial score (nSPS) is 19.4. The molecule has 2 aliphatic rings. The first-order valence-corrected chi connectivity index (χ1v) is 9.44. The third-order valence-corrected chi connectivity index (χ3v) is 5.21. The summed E-state index contributed by atoms with van der Waals surface area (Å²) in [6.07, 6.45) is 0.666. The van der Waals surface area contributed by atoms with Crippen LogP contribution in [0.25, 0.3) is 0 Å². The minimum Gasteiger partial charge on any atom is -0.443 e. The molecule has 2 saturated heterocycles. The Morgan fingerprint density at radius 2 is 1.72 bits per heavy atom. The molecule has 4 rings (SSSR count). The number of benzene rings is 1. The quantitative estimate of drug-likeness (QED) is 0.596. The molecule has 2 aliphatic heterocycles. The van der Waals surface area contributed by atoms with E-state index in [9.17, 15) is 14.9 Å². The summed E-state index contributed by atoms with van der Waals surface area (Å²) >= 11 is 0. The van der Waals surface area contributed by atoms with Gasteiger partial charge >= 0.3 is 6.09 Å². The number of piperazine rings is 1. The van der Waals surface area contributed by atoms with Crippen LogP contribution in [0.4, 0.5) is 27.7 Å². The maximum atomic E-state index is 11.9. The van der Waals surface area contributed by atoms with E-state index in [2.05, 4.69) is 14.8 Å². The van der Waals surface area contributed by atoms with Gasteiger partial charge in [-0.15, -0.1) is 0 Å².